The zero-order valence-electron chi connectivity index (χ0n) is 13.2. The average Bonchev–Trinajstić information content (AvgIpc) is 2.76. The molecule has 1 unspecified atom stereocenters. The number of carbonyl (C=O) groups is 1. The summed E-state index contributed by atoms with van der Waals surface area (Å²) in [4.78, 5) is 13.8. The monoisotopic (exact) mass is 308 g/mol. The quantitative estimate of drug-likeness (QED) is 0.894. The highest BCUT2D eigenvalue weighted by molar-refractivity contribution is 5.74. The van der Waals surface area contributed by atoms with Gasteiger partial charge in [0.05, 0.1) is 7.11 Å². The van der Waals surface area contributed by atoms with Crippen LogP contribution in [0.1, 0.15) is 24.8 Å². The van der Waals surface area contributed by atoms with Crippen molar-refractivity contribution in [2.75, 3.05) is 27.4 Å². The van der Waals surface area contributed by atoms with Crippen LogP contribution in [0, 0.1) is 0 Å². The van der Waals surface area contributed by atoms with E-state index in [4.69, 9.17) is 9.47 Å². The third-order valence-corrected chi connectivity index (χ3v) is 3.79. The highest BCUT2D eigenvalue weighted by Crippen LogP contribution is 2.26. The summed E-state index contributed by atoms with van der Waals surface area (Å²) in [5, 5.41) is 12.8. The fourth-order valence-corrected chi connectivity index (χ4v) is 2.51. The second-order valence-electron chi connectivity index (χ2n) is 5.55. The molecule has 122 valence electrons. The van der Waals surface area contributed by atoms with Crippen LogP contribution in [0.4, 0.5) is 4.79 Å². The van der Waals surface area contributed by atoms with Gasteiger partial charge >= 0.3 is 6.03 Å². The Balaban J connectivity index is 1.88. The first kappa shape index (κ1) is 16.4. The fourth-order valence-electron chi connectivity index (χ4n) is 2.51. The minimum atomic E-state index is -0.109. The first-order valence-electron chi connectivity index (χ1n) is 7.55. The van der Waals surface area contributed by atoms with Crippen molar-refractivity contribution >= 4 is 6.03 Å². The SMILES string of the molecule is COc1ccc(CN(C)C(=O)NC2CCCOCC2)cc1O. The lowest BCUT2D eigenvalue weighted by Gasteiger charge is -2.22. The molecule has 1 heterocycles. The van der Waals surface area contributed by atoms with E-state index in [9.17, 15) is 9.90 Å². The summed E-state index contributed by atoms with van der Waals surface area (Å²) in [5.74, 6) is 0.504. The Morgan fingerprint density at radius 1 is 1.45 bits per heavy atom. The molecule has 2 amide bonds. The van der Waals surface area contributed by atoms with Crippen LogP contribution in [0.2, 0.25) is 0 Å². The van der Waals surface area contributed by atoms with E-state index in [1.54, 1.807) is 24.1 Å². The molecule has 0 spiro atoms. The van der Waals surface area contributed by atoms with Gasteiger partial charge in [-0.3, -0.25) is 0 Å². The lowest BCUT2D eigenvalue weighted by Crippen LogP contribution is -2.42. The van der Waals surface area contributed by atoms with E-state index in [-0.39, 0.29) is 17.8 Å². The van der Waals surface area contributed by atoms with E-state index in [0.29, 0.717) is 18.9 Å². The maximum absolute atomic E-state index is 12.2. The number of nitrogens with zero attached hydrogens (tertiary/aromatic N) is 1. The molecule has 22 heavy (non-hydrogen) atoms. The number of phenols is 1. The molecule has 6 heteroatoms. The fraction of sp³-hybridized carbons (Fsp3) is 0.562. The smallest absolute Gasteiger partial charge is 0.317 e. The first-order chi connectivity index (χ1) is 10.6. The van der Waals surface area contributed by atoms with Gasteiger partial charge in [0.2, 0.25) is 0 Å². The molecule has 1 fully saturated rings. The maximum atomic E-state index is 12.2. The molecule has 0 bridgehead atoms. The molecule has 1 saturated heterocycles. The third kappa shape index (κ3) is 4.53. The van der Waals surface area contributed by atoms with Crippen molar-refractivity contribution in [3.8, 4) is 11.5 Å². The Kier molecular flexibility index (Phi) is 5.89. The Morgan fingerprint density at radius 3 is 3.00 bits per heavy atom. The molecule has 0 aromatic heterocycles. The first-order valence-corrected chi connectivity index (χ1v) is 7.55. The van der Waals surface area contributed by atoms with Crippen molar-refractivity contribution in [2.24, 2.45) is 0 Å². The summed E-state index contributed by atoms with van der Waals surface area (Å²) >= 11 is 0. The lowest BCUT2D eigenvalue weighted by molar-refractivity contribution is 0.142. The molecule has 0 radical (unpaired) electrons. The van der Waals surface area contributed by atoms with Gasteiger partial charge in [0.25, 0.3) is 0 Å². The molecular formula is C16H24N2O4. The second kappa shape index (κ2) is 7.89. The van der Waals surface area contributed by atoms with Gasteiger partial charge in [0.15, 0.2) is 11.5 Å². The van der Waals surface area contributed by atoms with Gasteiger partial charge in [-0.25, -0.2) is 4.79 Å². The van der Waals surface area contributed by atoms with Crippen LogP contribution in [0.5, 0.6) is 11.5 Å². The number of nitrogens with one attached hydrogen (secondary N) is 1. The zero-order chi connectivity index (χ0) is 15.9. The van der Waals surface area contributed by atoms with E-state index in [1.807, 2.05) is 6.07 Å². The predicted octanol–water partition coefficient (Wildman–Crippen LogP) is 2.11. The molecular weight excluding hydrogens is 284 g/mol. The Hall–Kier alpha value is -1.95. The number of hydrogen-bond acceptors (Lipinski definition) is 4. The molecule has 0 aliphatic carbocycles. The maximum Gasteiger partial charge on any atom is 0.317 e. The van der Waals surface area contributed by atoms with Crippen LogP contribution in [0.25, 0.3) is 0 Å². The standard InChI is InChI=1S/C16H24N2O4/c1-18(11-12-5-6-15(21-2)14(19)10-12)16(20)17-13-4-3-8-22-9-7-13/h5-6,10,13,19H,3-4,7-9,11H2,1-2H3,(H,17,20). The highest BCUT2D eigenvalue weighted by atomic mass is 16.5. The molecule has 1 aromatic rings. The number of urea groups is 1. The molecule has 2 N–H and O–H groups in total. The van der Waals surface area contributed by atoms with Gasteiger partial charge in [0.1, 0.15) is 0 Å². The molecule has 1 aromatic carbocycles. The average molecular weight is 308 g/mol. The van der Waals surface area contributed by atoms with E-state index in [0.717, 1.165) is 31.4 Å². The van der Waals surface area contributed by atoms with Gasteiger partial charge in [-0.05, 0) is 37.0 Å². The molecule has 1 aliphatic rings. The van der Waals surface area contributed by atoms with Crippen LogP contribution in [-0.4, -0.2) is 49.5 Å². The summed E-state index contributed by atoms with van der Waals surface area (Å²) in [7, 11) is 3.24. The molecule has 0 saturated carbocycles. The van der Waals surface area contributed by atoms with Crippen molar-refractivity contribution in [3.63, 3.8) is 0 Å². The topological polar surface area (TPSA) is 71.0 Å². The Morgan fingerprint density at radius 2 is 2.27 bits per heavy atom. The number of hydrogen-bond donors (Lipinski definition) is 2. The van der Waals surface area contributed by atoms with Gasteiger partial charge in [-0.15, -0.1) is 0 Å². The number of aromatic hydroxyl groups is 1. The molecule has 6 nitrogen and oxygen atoms in total. The van der Waals surface area contributed by atoms with Crippen molar-refractivity contribution in [3.05, 3.63) is 23.8 Å². The Bertz CT molecular complexity index is 499. The van der Waals surface area contributed by atoms with Crippen molar-refractivity contribution < 1.29 is 19.4 Å². The lowest BCUT2D eigenvalue weighted by atomic mass is 10.1. The summed E-state index contributed by atoms with van der Waals surface area (Å²) in [5.41, 5.74) is 0.847. The van der Waals surface area contributed by atoms with Crippen LogP contribution in [0.3, 0.4) is 0 Å². The van der Waals surface area contributed by atoms with Gasteiger partial charge in [0, 0.05) is 32.8 Å². The van der Waals surface area contributed by atoms with Gasteiger partial charge in [-0.1, -0.05) is 6.07 Å². The van der Waals surface area contributed by atoms with Crippen molar-refractivity contribution in [1.82, 2.24) is 10.2 Å². The zero-order valence-corrected chi connectivity index (χ0v) is 13.2. The van der Waals surface area contributed by atoms with Crippen LogP contribution in [-0.2, 0) is 11.3 Å². The van der Waals surface area contributed by atoms with Gasteiger partial charge in [-0.2, -0.15) is 0 Å². The number of rotatable bonds is 4. The highest BCUT2D eigenvalue weighted by Gasteiger charge is 2.17. The summed E-state index contributed by atoms with van der Waals surface area (Å²) in [6.07, 6.45) is 2.77. The minimum absolute atomic E-state index is 0.0784. The van der Waals surface area contributed by atoms with E-state index in [1.165, 1.54) is 7.11 Å². The number of amides is 2. The molecule has 2 rings (SSSR count). The molecule has 1 atom stereocenters. The van der Waals surface area contributed by atoms with Crippen LogP contribution >= 0.6 is 0 Å². The summed E-state index contributed by atoms with van der Waals surface area (Å²) in [6, 6.07) is 5.20. The van der Waals surface area contributed by atoms with Crippen molar-refractivity contribution in [2.45, 2.75) is 31.8 Å². The second-order valence-corrected chi connectivity index (χ2v) is 5.55. The summed E-state index contributed by atoms with van der Waals surface area (Å²) in [6.45, 7) is 1.89. The van der Waals surface area contributed by atoms with Crippen LogP contribution < -0.4 is 10.1 Å². The summed E-state index contributed by atoms with van der Waals surface area (Å²) < 4.78 is 10.4. The number of phenolic OH excluding ortho intramolecular Hbond substituents is 1. The normalized spacial score (nSPS) is 18.4. The van der Waals surface area contributed by atoms with E-state index in [2.05, 4.69) is 5.32 Å². The van der Waals surface area contributed by atoms with E-state index >= 15 is 0 Å². The number of methoxy groups -OCH3 is 1. The molecule has 1 aliphatic heterocycles. The number of ether oxygens (including phenoxy) is 2. The third-order valence-electron chi connectivity index (χ3n) is 3.79. The predicted molar refractivity (Wildman–Crippen MR) is 83.1 cm³/mol. The van der Waals surface area contributed by atoms with Crippen LogP contribution in [0.15, 0.2) is 18.2 Å². The van der Waals surface area contributed by atoms with Crippen molar-refractivity contribution in [1.29, 1.82) is 0 Å². The minimum Gasteiger partial charge on any atom is -0.504 e. The Labute approximate surface area is 131 Å². The number of benzene rings is 1. The largest absolute Gasteiger partial charge is 0.504 e. The number of carbonyl (C=O) groups excluding carboxylic acids is 1. The van der Waals surface area contributed by atoms with E-state index < -0.39 is 0 Å². The van der Waals surface area contributed by atoms with Gasteiger partial charge < -0.3 is 24.8 Å².